The lowest BCUT2D eigenvalue weighted by atomic mass is 9.78. The molecule has 21 heavy (non-hydrogen) atoms. The van der Waals surface area contributed by atoms with Gasteiger partial charge in [0.1, 0.15) is 6.54 Å². The number of hydrogen-bond donors (Lipinski definition) is 1. The summed E-state index contributed by atoms with van der Waals surface area (Å²) in [4.78, 5) is 37.2. The second-order valence-corrected chi connectivity index (χ2v) is 5.84. The summed E-state index contributed by atoms with van der Waals surface area (Å²) in [5.41, 5.74) is 0. The lowest BCUT2D eigenvalue weighted by Crippen LogP contribution is -2.45. The van der Waals surface area contributed by atoms with Crippen LogP contribution in [0.15, 0.2) is 0 Å². The molecule has 2 fully saturated rings. The van der Waals surface area contributed by atoms with Crippen molar-refractivity contribution in [3.8, 4) is 0 Å². The number of rotatable bonds is 6. The van der Waals surface area contributed by atoms with Gasteiger partial charge in [0, 0.05) is 6.04 Å². The molecule has 0 bridgehead atoms. The quantitative estimate of drug-likeness (QED) is 0.750. The minimum Gasteiger partial charge on any atom is -0.481 e. The second kappa shape index (κ2) is 6.91. The molecule has 118 valence electrons. The number of ether oxygens (including phenoxy) is 1. The minimum absolute atomic E-state index is 0.0554. The van der Waals surface area contributed by atoms with Crippen LogP contribution in [0, 0.1) is 11.8 Å². The molecule has 1 N–H and O–H groups in total. The number of amides is 1. The number of hydrogen-bond acceptors (Lipinski definition) is 4. The fourth-order valence-electron chi connectivity index (χ4n) is 3.05. The van der Waals surface area contributed by atoms with Crippen LogP contribution >= 0.6 is 0 Å². The van der Waals surface area contributed by atoms with Crippen molar-refractivity contribution >= 4 is 17.8 Å². The van der Waals surface area contributed by atoms with Crippen molar-refractivity contribution in [2.24, 2.45) is 11.8 Å². The highest BCUT2D eigenvalue weighted by Gasteiger charge is 2.42. The van der Waals surface area contributed by atoms with Crippen LogP contribution < -0.4 is 0 Å². The number of carboxylic acid groups (broad SMARTS) is 1. The van der Waals surface area contributed by atoms with Crippen LogP contribution in [0.2, 0.25) is 0 Å². The van der Waals surface area contributed by atoms with E-state index in [0.717, 1.165) is 25.7 Å². The Morgan fingerprint density at radius 3 is 2.24 bits per heavy atom. The van der Waals surface area contributed by atoms with Gasteiger partial charge < -0.3 is 14.7 Å². The molecule has 2 saturated carbocycles. The molecule has 2 aliphatic carbocycles. The zero-order valence-corrected chi connectivity index (χ0v) is 12.4. The van der Waals surface area contributed by atoms with Crippen LogP contribution in [0.3, 0.4) is 0 Å². The van der Waals surface area contributed by atoms with Gasteiger partial charge in [0.25, 0.3) is 0 Å². The molecule has 0 aromatic rings. The summed E-state index contributed by atoms with van der Waals surface area (Å²) in [6, 6.07) is 0.0817. The summed E-state index contributed by atoms with van der Waals surface area (Å²) in [5.74, 6) is -2.61. The molecule has 0 aromatic carbocycles. The van der Waals surface area contributed by atoms with Crippen molar-refractivity contribution in [3.63, 3.8) is 0 Å². The number of esters is 1. The average molecular weight is 297 g/mol. The van der Waals surface area contributed by atoms with Crippen molar-refractivity contribution in [1.29, 1.82) is 0 Å². The summed E-state index contributed by atoms with van der Waals surface area (Å²) in [6.45, 7) is 1.95. The molecule has 2 aliphatic rings. The Morgan fingerprint density at radius 1 is 1.10 bits per heavy atom. The fourth-order valence-corrected chi connectivity index (χ4v) is 3.05. The Morgan fingerprint density at radius 2 is 1.71 bits per heavy atom. The molecule has 6 heteroatoms. The first kappa shape index (κ1) is 15.8. The number of carbonyl (C=O) groups is 3. The molecule has 2 atom stereocenters. The van der Waals surface area contributed by atoms with E-state index in [4.69, 9.17) is 4.74 Å². The third kappa shape index (κ3) is 3.95. The molecule has 0 spiro atoms. The molecule has 0 radical (unpaired) electrons. The van der Waals surface area contributed by atoms with Gasteiger partial charge in [0.05, 0.1) is 18.4 Å². The van der Waals surface area contributed by atoms with E-state index in [-0.39, 0.29) is 25.1 Å². The number of carbonyl (C=O) groups excluding carboxylic acids is 2. The monoisotopic (exact) mass is 297 g/mol. The normalized spacial score (nSPS) is 25.2. The van der Waals surface area contributed by atoms with Crippen LogP contribution in [0.4, 0.5) is 0 Å². The summed E-state index contributed by atoms with van der Waals surface area (Å²) >= 11 is 0. The van der Waals surface area contributed by atoms with Gasteiger partial charge in [-0.15, -0.1) is 0 Å². The van der Waals surface area contributed by atoms with Gasteiger partial charge in [-0.3, -0.25) is 14.4 Å². The van der Waals surface area contributed by atoms with Gasteiger partial charge >= 0.3 is 11.9 Å². The van der Waals surface area contributed by atoms with Crippen LogP contribution in [0.5, 0.6) is 0 Å². The average Bonchev–Trinajstić information content (AvgIpc) is 3.29. The van der Waals surface area contributed by atoms with Crippen LogP contribution in [-0.2, 0) is 19.1 Å². The van der Waals surface area contributed by atoms with Gasteiger partial charge in [-0.05, 0) is 32.6 Å². The SMILES string of the molecule is CCOC(=O)CN(C(=O)[C@@H]1CCCC[C@@H]1C(=O)O)C1CC1. The molecule has 1 amide bonds. The summed E-state index contributed by atoms with van der Waals surface area (Å²) < 4.78 is 4.91. The van der Waals surface area contributed by atoms with Crippen LogP contribution in [0.25, 0.3) is 0 Å². The lowest BCUT2D eigenvalue weighted by molar-refractivity contribution is -0.156. The standard InChI is InChI=1S/C15H23NO5/c1-2-21-13(17)9-16(10-7-8-10)14(18)11-5-3-4-6-12(11)15(19)20/h10-12H,2-9H2,1H3,(H,19,20)/t11-,12+/m1/s1. The minimum atomic E-state index is -0.903. The smallest absolute Gasteiger partial charge is 0.325 e. The van der Waals surface area contributed by atoms with Gasteiger partial charge in [0.15, 0.2) is 0 Å². The van der Waals surface area contributed by atoms with E-state index in [1.54, 1.807) is 11.8 Å². The van der Waals surface area contributed by atoms with Crippen molar-refractivity contribution in [1.82, 2.24) is 4.90 Å². The summed E-state index contributed by atoms with van der Waals surface area (Å²) in [7, 11) is 0. The number of aliphatic carboxylic acids is 1. The fraction of sp³-hybridized carbons (Fsp3) is 0.800. The third-order valence-electron chi connectivity index (χ3n) is 4.28. The van der Waals surface area contributed by atoms with Gasteiger partial charge in [0.2, 0.25) is 5.91 Å². The first-order chi connectivity index (χ1) is 10.0. The van der Waals surface area contributed by atoms with Crippen LogP contribution in [0.1, 0.15) is 45.4 Å². The first-order valence-corrected chi connectivity index (χ1v) is 7.73. The second-order valence-electron chi connectivity index (χ2n) is 5.84. The maximum atomic E-state index is 12.7. The van der Waals surface area contributed by atoms with Gasteiger partial charge in [-0.1, -0.05) is 12.8 Å². The van der Waals surface area contributed by atoms with Crippen molar-refractivity contribution in [3.05, 3.63) is 0 Å². The highest BCUT2D eigenvalue weighted by Crippen LogP contribution is 2.35. The van der Waals surface area contributed by atoms with E-state index in [9.17, 15) is 19.5 Å². The highest BCUT2D eigenvalue weighted by molar-refractivity contribution is 5.88. The molecule has 2 rings (SSSR count). The van der Waals surface area contributed by atoms with E-state index in [1.165, 1.54) is 0 Å². The Bertz CT molecular complexity index is 418. The van der Waals surface area contributed by atoms with Crippen molar-refractivity contribution in [2.75, 3.05) is 13.2 Å². The molecule has 0 aromatic heterocycles. The third-order valence-corrected chi connectivity index (χ3v) is 4.28. The molecule has 6 nitrogen and oxygen atoms in total. The first-order valence-electron chi connectivity index (χ1n) is 7.73. The predicted molar refractivity (Wildman–Crippen MR) is 74.5 cm³/mol. The Labute approximate surface area is 124 Å². The molecule has 0 saturated heterocycles. The molecular formula is C15H23NO5. The van der Waals surface area contributed by atoms with E-state index >= 15 is 0 Å². The van der Waals surface area contributed by atoms with Gasteiger partial charge in [-0.25, -0.2) is 0 Å². The zero-order chi connectivity index (χ0) is 15.4. The van der Waals surface area contributed by atoms with Gasteiger partial charge in [-0.2, -0.15) is 0 Å². The molecular weight excluding hydrogens is 274 g/mol. The van der Waals surface area contributed by atoms with E-state index in [0.29, 0.717) is 12.8 Å². The Balaban J connectivity index is 2.06. The van der Waals surface area contributed by atoms with E-state index < -0.39 is 23.8 Å². The maximum absolute atomic E-state index is 12.7. The largest absolute Gasteiger partial charge is 0.481 e. The topological polar surface area (TPSA) is 83.9 Å². The number of carboxylic acids is 1. The number of nitrogens with zero attached hydrogens (tertiary/aromatic N) is 1. The zero-order valence-electron chi connectivity index (χ0n) is 12.4. The Kier molecular flexibility index (Phi) is 5.20. The lowest BCUT2D eigenvalue weighted by Gasteiger charge is -2.32. The summed E-state index contributed by atoms with van der Waals surface area (Å²) in [6.07, 6.45) is 4.64. The van der Waals surface area contributed by atoms with E-state index in [2.05, 4.69) is 0 Å². The van der Waals surface area contributed by atoms with E-state index in [1.807, 2.05) is 0 Å². The molecule has 0 heterocycles. The van der Waals surface area contributed by atoms with Crippen molar-refractivity contribution in [2.45, 2.75) is 51.5 Å². The van der Waals surface area contributed by atoms with Crippen LogP contribution in [-0.4, -0.2) is 47.0 Å². The summed E-state index contributed by atoms with van der Waals surface area (Å²) in [5, 5.41) is 9.30. The molecule has 0 unspecified atom stereocenters. The van der Waals surface area contributed by atoms with Crippen molar-refractivity contribution < 1.29 is 24.2 Å². The highest BCUT2D eigenvalue weighted by atomic mass is 16.5. The predicted octanol–water partition coefficient (Wildman–Crippen LogP) is 1.43. The molecule has 0 aliphatic heterocycles. The Hall–Kier alpha value is -1.59. The maximum Gasteiger partial charge on any atom is 0.325 e.